The van der Waals surface area contributed by atoms with E-state index in [-0.39, 0.29) is 5.91 Å². The molecule has 1 aliphatic rings. The molecule has 1 aromatic heterocycles. The quantitative estimate of drug-likeness (QED) is 0.799. The Hall–Kier alpha value is -2.08. The molecule has 0 unspecified atom stereocenters. The number of amides is 1. The monoisotopic (exact) mass is 330 g/mol. The lowest BCUT2D eigenvalue weighted by atomic mass is 10.1. The fraction of sp³-hybridized carbons (Fsp3) is 0.412. The Bertz CT molecular complexity index is 647. The van der Waals surface area contributed by atoms with Crippen LogP contribution in [-0.4, -0.2) is 30.5 Å². The first kappa shape index (κ1) is 15.8. The number of nitrogen functional groups attached to an aromatic ring is 1. The number of benzene rings is 1. The normalized spacial score (nSPS) is 14.2. The first-order valence-corrected chi connectivity index (χ1v) is 8.93. The second kappa shape index (κ2) is 7.46. The van der Waals surface area contributed by atoms with Crippen LogP contribution in [0.25, 0.3) is 0 Å². The van der Waals surface area contributed by atoms with Gasteiger partial charge in [0.05, 0.1) is 5.69 Å². The zero-order chi connectivity index (χ0) is 16.1. The van der Waals surface area contributed by atoms with Crippen molar-refractivity contribution in [2.24, 2.45) is 0 Å². The number of nitrogens with two attached hydrogens (primary N) is 1. The van der Waals surface area contributed by atoms with Gasteiger partial charge in [-0.15, -0.1) is 11.3 Å². The van der Waals surface area contributed by atoms with Crippen molar-refractivity contribution >= 4 is 28.1 Å². The van der Waals surface area contributed by atoms with Crippen LogP contribution in [0.3, 0.4) is 0 Å². The van der Waals surface area contributed by atoms with E-state index in [2.05, 4.69) is 15.2 Å². The highest BCUT2D eigenvalue weighted by molar-refractivity contribution is 7.13. The summed E-state index contributed by atoms with van der Waals surface area (Å²) < 4.78 is 0. The summed E-state index contributed by atoms with van der Waals surface area (Å²) >= 11 is 1.45. The molecule has 23 heavy (non-hydrogen) atoms. The van der Waals surface area contributed by atoms with Gasteiger partial charge in [-0.25, -0.2) is 4.98 Å². The first-order chi connectivity index (χ1) is 11.2. The lowest BCUT2D eigenvalue weighted by Crippen LogP contribution is -2.25. The summed E-state index contributed by atoms with van der Waals surface area (Å²) in [5, 5.41) is 5.52. The Kier molecular flexibility index (Phi) is 5.12. The molecule has 1 saturated heterocycles. The molecule has 0 bridgehead atoms. The van der Waals surface area contributed by atoms with Gasteiger partial charge in [-0.2, -0.15) is 0 Å². The average Bonchev–Trinajstić information content (AvgIpc) is 3.23. The second-order valence-corrected chi connectivity index (χ2v) is 6.67. The number of aromatic nitrogens is 1. The highest BCUT2D eigenvalue weighted by Crippen LogP contribution is 2.20. The van der Waals surface area contributed by atoms with Gasteiger partial charge < -0.3 is 16.0 Å². The molecule has 3 rings (SSSR count). The van der Waals surface area contributed by atoms with Gasteiger partial charge in [-0.3, -0.25) is 4.79 Å². The van der Waals surface area contributed by atoms with Crippen LogP contribution in [0.1, 0.15) is 35.3 Å². The molecule has 0 aliphatic carbocycles. The predicted molar refractivity (Wildman–Crippen MR) is 95.1 cm³/mol. The third-order valence-corrected chi connectivity index (χ3v) is 4.79. The number of nitrogens with zero attached hydrogens (tertiary/aromatic N) is 2. The average molecular weight is 330 g/mol. The molecule has 6 heteroatoms. The summed E-state index contributed by atoms with van der Waals surface area (Å²) in [6.45, 7) is 2.88. The number of carbonyl (C=O) groups is 1. The van der Waals surface area contributed by atoms with Gasteiger partial charge in [-0.1, -0.05) is 0 Å². The SMILES string of the molecule is Nc1nc(CCCNC(=O)c2ccc(N3CCCC3)cc2)cs1. The fourth-order valence-corrected chi connectivity index (χ4v) is 3.41. The fourth-order valence-electron chi connectivity index (χ4n) is 2.81. The lowest BCUT2D eigenvalue weighted by molar-refractivity contribution is 0.0953. The molecule has 1 aromatic carbocycles. The maximum absolute atomic E-state index is 12.1. The minimum absolute atomic E-state index is 0.0178. The van der Waals surface area contributed by atoms with Crippen LogP contribution < -0.4 is 16.0 Å². The molecular formula is C17H22N4OS. The van der Waals surface area contributed by atoms with E-state index in [1.165, 1.54) is 29.9 Å². The van der Waals surface area contributed by atoms with Gasteiger partial charge in [0.2, 0.25) is 0 Å². The summed E-state index contributed by atoms with van der Waals surface area (Å²) in [7, 11) is 0. The first-order valence-electron chi connectivity index (χ1n) is 8.05. The van der Waals surface area contributed by atoms with Crippen molar-refractivity contribution in [1.82, 2.24) is 10.3 Å². The van der Waals surface area contributed by atoms with Crippen LogP contribution in [0, 0.1) is 0 Å². The van der Waals surface area contributed by atoms with Crippen LogP contribution in [-0.2, 0) is 6.42 Å². The Morgan fingerprint density at radius 2 is 2.00 bits per heavy atom. The third-order valence-electron chi connectivity index (χ3n) is 4.07. The van der Waals surface area contributed by atoms with Gasteiger partial charge in [0.15, 0.2) is 5.13 Å². The number of anilines is 2. The lowest BCUT2D eigenvalue weighted by Gasteiger charge is -2.17. The highest BCUT2D eigenvalue weighted by Gasteiger charge is 2.12. The summed E-state index contributed by atoms with van der Waals surface area (Å²) in [5.41, 5.74) is 8.52. The van der Waals surface area contributed by atoms with Crippen molar-refractivity contribution in [3.8, 4) is 0 Å². The van der Waals surface area contributed by atoms with Gasteiger partial charge in [0.1, 0.15) is 0 Å². The van der Waals surface area contributed by atoms with Gasteiger partial charge in [0.25, 0.3) is 5.91 Å². The molecule has 0 spiro atoms. The Balaban J connectivity index is 1.44. The summed E-state index contributed by atoms with van der Waals surface area (Å²) in [4.78, 5) is 18.7. The van der Waals surface area contributed by atoms with E-state index in [9.17, 15) is 4.79 Å². The van der Waals surface area contributed by atoms with Crippen LogP contribution in [0.5, 0.6) is 0 Å². The van der Waals surface area contributed by atoms with Crippen molar-refractivity contribution in [3.05, 3.63) is 40.9 Å². The Labute approximate surface area is 140 Å². The number of thiazole rings is 1. The summed E-state index contributed by atoms with van der Waals surface area (Å²) in [6, 6.07) is 7.89. The van der Waals surface area contributed by atoms with E-state index in [0.717, 1.165) is 31.6 Å². The van der Waals surface area contributed by atoms with Crippen molar-refractivity contribution in [2.75, 3.05) is 30.3 Å². The molecule has 122 valence electrons. The number of aryl methyl sites for hydroxylation is 1. The smallest absolute Gasteiger partial charge is 0.251 e. The molecule has 3 N–H and O–H groups in total. The molecule has 1 aliphatic heterocycles. The molecular weight excluding hydrogens is 308 g/mol. The van der Waals surface area contributed by atoms with Crippen LogP contribution in [0.15, 0.2) is 29.6 Å². The van der Waals surface area contributed by atoms with E-state index in [1.54, 1.807) is 0 Å². The van der Waals surface area contributed by atoms with E-state index < -0.39 is 0 Å². The number of hydrogen-bond acceptors (Lipinski definition) is 5. The summed E-state index contributed by atoms with van der Waals surface area (Å²) in [5.74, 6) is -0.0178. The summed E-state index contributed by atoms with van der Waals surface area (Å²) in [6.07, 6.45) is 4.21. The number of nitrogens with one attached hydrogen (secondary N) is 1. The molecule has 5 nitrogen and oxygen atoms in total. The second-order valence-electron chi connectivity index (χ2n) is 5.78. The van der Waals surface area contributed by atoms with Crippen molar-refractivity contribution < 1.29 is 4.79 Å². The number of hydrogen-bond donors (Lipinski definition) is 2. The van der Waals surface area contributed by atoms with Crippen LogP contribution >= 0.6 is 11.3 Å². The van der Waals surface area contributed by atoms with E-state index >= 15 is 0 Å². The van der Waals surface area contributed by atoms with E-state index in [0.29, 0.717) is 17.2 Å². The predicted octanol–water partition coefficient (Wildman–Crippen LogP) is 2.69. The zero-order valence-corrected chi connectivity index (χ0v) is 13.9. The molecule has 1 fully saturated rings. The highest BCUT2D eigenvalue weighted by atomic mass is 32.1. The van der Waals surface area contributed by atoms with Crippen molar-refractivity contribution in [2.45, 2.75) is 25.7 Å². The van der Waals surface area contributed by atoms with Crippen molar-refractivity contribution in [1.29, 1.82) is 0 Å². The number of rotatable bonds is 6. The van der Waals surface area contributed by atoms with E-state index in [4.69, 9.17) is 5.73 Å². The maximum atomic E-state index is 12.1. The topological polar surface area (TPSA) is 71.2 Å². The van der Waals surface area contributed by atoms with Crippen LogP contribution in [0.2, 0.25) is 0 Å². The van der Waals surface area contributed by atoms with Crippen molar-refractivity contribution in [3.63, 3.8) is 0 Å². The van der Waals surface area contributed by atoms with Gasteiger partial charge >= 0.3 is 0 Å². The minimum atomic E-state index is -0.0178. The third kappa shape index (κ3) is 4.22. The molecule has 1 amide bonds. The molecule has 0 atom stereocenters. The molecule has 2 aromatic rings. The van der Waals surface area contributed by atoms with Gasteiger partial charge in [0, 0.05) is 36.3 Å². The maximum Gasteiger partial charge on any atom is 0.251 e. The Morgan fingerprint density at radius 1 is 1.26 bits per heavy atom. The van der Waals surface area contributed by atoms with Gasteiger partial charge in [-0.05, 0) is 49.9 Å². The largest absolute Gasteiger partial charge is 0.375 e. The van der Waals surface area contributed by atoms with E-state index in [1.807, 2.05) is 29.6 Å². The minimum Gasteiger partial charge on any atom is -0.375 e. The molecule has 2 heterocycles. The Morgan fingerprint density at radius 3 is 2.65 bits per heavy atom. The standard InChI is InChI=1S/C17H22N4OS/c18-17-20-14(12-23-17)4-3-9-19-16(22)13-5-7-15(8-6-13)21-10-1-2-11-21/h5-8,12H,1-4,9-11H2,(H2,18,20)(H,19,22). The molecule has 0 radical (unpaired) electrons. The zero-order valence-electron chi connectivity index (χ0n) is 13.1. The number of carbonyl (C=O) groups excluding carboxylic acids is 1. The van der Waals surface area contributed by atoms with Crippen LogP contribution in [0.4, 0.5) is 10.8 Å². The molecule has 0 saturated carbocycles.